The van der Waals surface area contributed by atoms with E-state index in [-0.39, 0.29) is 5.69 Å². The SMILES string of the molecule is O=[N+]([O-])c1ccc(OCCC[SiH3])cc1. The van der Waals surface area contributed by atoms with E-state index >= 15 is 0 Å². The number of nitro benzene ring substituents is 1. The van der Waals surface area contributed by atoms with Crippen LogP contribution in [0.4, 0.5) is 5.69 Å². The Hall–Kier alpha value is -1.36. The molecule has 0 amide bonds. The van der Waals surface area contributed by atoms with Crippen molar-refractivity contribution in [1.29, 1.82) is 0 Å². The summed E-state index contributed by atoms with van der Waals surface area (Å²) in [6, 6.07) is 7.38. The maximum Gasteiger partial charge on any atom is 0.269 e. The summed E-state index contributed by atoms with van der Waals surface area (Å²) in [4.78, 5) is 9.93. The summed E-state index contributed by atoms with van der Waals surface area (Å²) < 4.78 is 5.38. The van der Waals surface area contributed by atoms with Gasteiger partial charge in [0.25, 0.3) is 5.69 Å². The molecular formula is C9H13NO3Si. The molecule has 0 aliphatic rings. The smallest absolute Gasteiger partial charge is 0.269 e. The van der Waals surface area contributed by atoms with Gasteiger partial charge in [0, 0.05) is 22.4 Å². The van der Waals surface area contributed by atoms with Crippen molar-refractivity contribution in [3.05, 3.63) is 34.4 Å². The molecule has 1 aromatic carbocycles. The Kier molecular flexibility index (Phi) is 4.12. The second-order valence-electron chi connectivity index (χ2n) is 2.95. The molecule has 1 rings (SSSR count). The maximum absolute atomic E-state index is 10.3. The van der Waals surface area contributed by atoms with Gasteiger partial charge in [0.1, 0.15) is 5.75 Å². The number of hydrogen-bond donors (Lipinski definition) is 0. The molecule has 0 unspecified atom stereocenters. The van der Waals surface area contributed by atoms with Gasteiger partial charge in [0.15, 0.2) is 0 Å². The molecule has 0 spiro atoms. The second-order valence-corrected chi connectivity index (χ2v) is 3.95. The van der Waals surface area contributed by atoms with Crippen LogP contribution in [0, 0.1) is 10.1 Å². The van der Waals surface area contributed by atoms with Crippen LogP contribution in [0.3, 0.4) is 0 Å². The summed E-state index contributed by atoms with van der Waals surface area (Å²) >= 11 is 0. The molecule has 1 aromatic rings. The van der Waals surface area contributed by atoms with Crippen LogP contribution in [-0.4, -0.2) is 21.8 Å². The number of non-ortho nitro benzene ring substituents is 1. The Morgan fingerprint density at radius 2 is 2.00 bits per heavy atom. The van der Waals surface area contributed by atoms with Crippen LogP contribution in [0.2, 0.25) is 6.04 Å². The molecule has 0 fully saturated rings. The van der Waals surface area contributed by atoms with E-state index in [4.69, 9.17) is 4.74 Å². The number of rotatable bonds is 5. The van der Waals surface area contributed by atoms with Crippen LogP contribution in [-0.2, 0) is 0 Å². The topological polar surface area (TPSA) is 52.4 Å². The van der Waals surface area contributed by atoms with Gasteiger partial charge in [-0.1, -0.05) is 6.04 Å². The Labute approximate surface area is 85.5 Å². The Bertz CT molecular complexity index is 299. The van der Waals surface area contributed by atoms with Crippen LogP contribution in [0.15, 0.2) is 24.3 Å². The lowest BCUT2D eigenvalue weighted by molar-refractivity contribution is -0.384. The fourth-order valence-corrected chi connectivity index (χ4v) is 1.29. The van der Waals surface area contributed by atoms with Gasteiger partial charge in [0.2, 0.25) is 0 Å². The average Bonchev–Trinajstić information content (AvgIpc) is 2.19. The highest BCUT2D eigenvalue weighted by Gasteiger charge is 2.03. The molecule has 0 radical (unpaired) electrons. The maximum atomic E-state index is 10.3. The lowest BCUT2D eigenvalue weighted by Gasteiger charge is -2.03. The van der Waals surface area contributed by atoms with E-state index in [0.717, 1.165) is 6.42 Å². The zero-order chi connectivity index (χ0) is 10.4. The minimum atomic E-state index is -0.415. The van der Waals surface area contributed by atoms with E-state index in [2.05, 4.69) is 0 Å². The summed E-state index contributed by atoms with van der Waals surface area (Å²) in [5.74, 6) is 0.700. The molecule has 0 atom stereocenters. The predicted molar refractivity (Wildman–Crippen MR) is 58.0 cm³/mol. The van der Waals surface area contributed by atoms with E-state index < -0.39 is 4.92 Å². The minimum absolute atomic E-state index is 0.0975. The first kappa shape index (κ1) is 10.7. The number of nitro groups is 1. The van der Waals surface area contributed by atoms with E-state index in [9.17, 15) is 10.1 Å². The molecule has 0 aliphatic carbocycles. The van der Waals surface area contributed by atoms with Gasteiger partial charge < -0.3 is 4.74 Å². The van der Waals surface area contributed by atoms with Gasteiger partial charge in [-0.25, -0.2) is 0 Å². The molecule has 4 nitrogen and oxygen atoms in total. The third-order valence-electron chi connectivity index (χ3n) is 1.81. The summed E-state index contributed by atoms with van der Waals surface area (Å²) in [7, 11) is 1.19. The molecule has 0 bridgehead atoms. The van der Waals surface area contributed by atoms with E-state index in [1.54, 1.807) is 12.1 Å². The van der Waals surface area contributed by atoms with Crippen molar-refractivity contribution in [1.82, 2.24) is 0 Å². The van der Waals surface area contributed by atoms with Crippen molar-refractivity contribution >= 4 is 15.9 Å². The molecule has 0 saturated heterocycles. The molecule has 0 N–H and O–H groups in total. The lowest BCUT2D eigenvalue weighted by atomic mass is 10.3. The molecule has 5 heteroatoms. The standard InChI is InChI=1S/C9H13NO3Si/c11-10(12)8-2-4-9(5-3-8)13-6-1-7-14/h2-5H,1,6-7H2,14H3. The first-order valence-corrected chi connectivity index (χ1v) is 6.02. The molecule has 0 aliphatic heterocycles. The van der Waals surface area contributed by atoms with Crippen LogP contribution < -0.4 is 4.74 Å². The number of nitrogens with zero attached hydrogens (tertiary/aromatic N) is 1. The Morgan fingerprint density at radius 1 is 1.36 bits per heavy atom. The van der Waals surface area contributed by atoms with Crippen LogP contribution in [0.5, 0.6) is 5.75 Å². The van der Waals surface area contributed by atoms with Gasteiger partial charge in [-0.15, -0.1) is 0 Å². The van der Waals surface area contributed by atoms with E-state index in [0.29, 0.717) is 12.4 Å². The first-order chi connectivity index (χ1) is 6.74. The highest BCUT2D eigenvalue weighted by molar-refractivity contribution is 6.08. The van der Waals surface area contributed by atoms with Crippen molar-refractivity contribution in [3.63, 3.8) is 0 Å². The van der Waals surface area contributed by atoms with Gasteiger partial charge in [0.05, 0.1) is 11.5 Å². The fraction of sp³-hybridized carbons (Fsp3) is 0.333. The summed E-state index contributed by atoms with van der Waals surface area (Å²) in [6.45, 7) is 0.696. The third-order valence-corrected chi connectivity index (χ3v) is 2.52. The zero-order valence-electron chi connectivity index (χ0n) is 8.10. The Balaban J connectivity index is 2.51. The van der Waals surface area contributed by atoms with Crippen molar-refractivity contribution in [2.45, 2.75) is 12.5 Å². The van der Waals surface area contributed by atoms with Crippen molar-refractivity contribution < 1.29 is 9.66 Å². The van der Waals surface area contributed by atoms with Crippen LogP contribution in [0.1, 0.15) is 6.42 Å². The van der Waals surface area contributed by atoms with E-state index in [1.807, 2.05) is 0 Å². The number of benzene rings is 1. The van der Waals surface area contributed by atoms with Gasteiger partial charge in [-0.3, -0.25) is 10.1 Å². The van der Waals surface area contributed by atoms with Gasteiger partial charge in [-0.05, 0) is 18.6 Å². The Morgan fingerprint density at radius 3 is 2.50 bits per heavy atom. The normalized spacial score (nSPS) is 10.0. The lowest BCUT2D eigenvalue weighted by Crippen LogP contribution is -1.96. The minimum Gasteiger partial charge on any atom is -0.494 e. The van der Waals surface area contributed by atoms with Crippen molar-refractivity contribution in [2.75, 3.05) is 6.61 Å². The summed E-state index contributed by atoms with van der Waals surface area (Å²) in [5.41, 5.74) is 0.0975. The monoisotopic (exact) mass is 211 g/mol. The van der Waals surface area contributed by atoms with Crippen LogP contribution in [0.25, 0.3) is 0 Å². The zero-order valence-corrected chi connectivity index (χ0v) is 10.1. The van der Waals surface area contributed by atoms with Crippen molar-refractivity contribution in [3.8, 4) is 5.75 Å². The van der Waals surface area contributed by atoms with Crippen molar-refractivity contribution in [2.24, 2.45) is 0 Å². The summed E-state index contributed by atoms with van der Waals surface area (Å²) in [6.07, 6.45) is 1.06. The second kappa shape index (κ2) is 5.38. The molecule has 0 saturated carbocycles. The highest BCUT2D eigenvalue weighted by Crippen LogP contribution is 2.17. The molecular weight excluding hydrogens is 198 g/mol. The highest BCUT2D eigenvalue weighted by atomic mass is 28.1. The largest absolute Gasteiger partial charge is 0.494 e. The number of hydrogen-bond acceptors (Lipinski definition) is 3. The molecule has 0 heterocycles. The molecule has 76 valence electrons. The number of ether oxygens (including phenoxy) is 1. The third kappa shape index (κ3) is 3.18. The fourth-order valence-electron chi connectivity index (χ4n) is 0.998. The quantitative estimate of drug-likeness (QED) is 0.318. The van der Waals surface area contributed by atoms with Gasteiger partial charge in [-0.2, -0.15) is 0 Å². The van der Waals surface area contributed by atoms with E-state index in [1.165, 1.54) is 28.4 Å². The summed E-state index contributed by atoms with van der Waals surface area (Å²) in [5, 5.41) is 10.3. The molecule has 14 heavy (non-hydrogen) atoms. The average molecular weight is 211 g/mol. The predicted octanol–water partition coefficient (Wildman–Crippen LogP) is 1.15. The van der Waals surface area contributed by atoms with Crippen LogP contribution >= 0.6 is 0 Å². The molecule has 0 aromatic heterocycles. The first-order valence-electron chi connectivity index (χ1n) is 4.61. The van der Waals surface area contributed by atoms with Gasteiger partial charge >= 0.3 is 0 Å².